The Morgan fingerprint density at radius 3 is 2.14 bits per heavy atom. The number of aliphatic hydroxyl groups is 1. The van der Waals surface area contributed by atoms with E-state index in [1.807, 2.05) is 50.2 Å². The molecule has 0 aliphatic carbocycles. The minimum Gasteiger partial charge on any atom is -0.396 e. The standard InChI is InChI=1S/C22H30N2O4S/c1-16-6-8-20(9-7-16)14-24(15-21(26)23-10-5-11-25)29(27,28)22-18(3)12-17(2)13-19(22)4/h6-9,12-13,25H,5,10-11,14-15H2,1-4H3,(H,23,26). The number of sulfonamides is 1. The summed E-state index contributed by atoms with van der Waals surface area (Å²) in [4.78, 5) is 12.6. The van der Waals surface area contributed by atoms with Crippen molar-refractivity contribution in [3.05, 3.63) is 64.2 Å². The first-order valence-electron chi connectivity index (χ1n) is 9.66. The molecule has 2 aromatic carbocycles. The van der Waals surface area contributed by atoms with Gasteiger partial charge in [-0.1, -0.05) is 47.5 Å². The van der Waals surface area contributed by atoms with Gasteiger partial charge in [-0.3, -0.25) is 4.79 Å². The van der Waals surface area contributed by atoms with E-state index < -0.39 is 15.9 Å². The lowest BCUT2D eigenvalue weighted by atomic mass is 10.1. The zero-order valence-electron chi connectivity index (χ0n) is 17.5. The molecule has 7 heteroatoms. The maximum Gasteiger partial charge on any atom is 0.244 e. The van der Waals surface area contributed by atoms with Gasteiger partial charge in [0, 0.05) is 19.7 Å². The molecule has 0 fully saturated rings. The molecule has 1 amide bonds. The Balaban J connectivity index is 2.39. The Morgan fingerprint density at radius 2 is 1.59 bits per heavy atom. The number of aryl methyl sites for hydroxylation is 4. The van der Waals surface area contributed by atoms with Crippen LogP contribution in [0.15, 0.2) is 41.3 Å². The Labute approximate surface area is 173 Å². The summed E-state index contributed by atoms with van der Waals surface area (Å²) in [6.07, 6.45) is 0.423. The normalized spacial score (nSPS) is 11.7. The Morgan fingerprint density at radius 1 is 1.00 bits per heavy atom. The molecule has 2 N–H and O–H groups in total. The monoisotopic (exact) mass is 418 g/mol. The lowest BCUT2D eigenvalue weighted by molar-refractivity contribution is -0.121. The van der Waals surface area contributed by atoms with E-state index in [1.54, 1.807) is 13.8 Å². The molecule has 0 atom stereocenters. The minimum atomic E-state index is -3.89. The van der Waals surface area contributed by atoms with Gasteiger partial charge in [0.25, 0.3) is 0 Å². The fraction of sp³-hybridized carbons (Fsp3) is 0.409. The summed E-state index contributed by atoms with van der Waals surface area (Å²) in [5, 5.41) is 11.5. The summed E-state index contributed by atoms with van der Waals surface area (Å²) in [5.41, 5.74) is 4.21. The Kier molecular flexibility index (Phi) is 7.96. The maximum atomic E-state index is 13.5. The molecule has 158 valence electrons. The molecule has 0 bridgehead atoms. The highest BCUT2D eigenvalue weighted by atomic mass is 32.2. The van der Waals surface area contributed by atoms with Gasteiger partial charge in [-0.05, 0) is 50.8 Å². The molecule has 29 heavy (non-hydrogen) atoms. The Hall–Kier alpha value is -2.22. The summed E-state index contributed by atoms with van der Waals surface area (Å²) in [6, 6.07) is 11.3. The average Bonchev–Trinajstić information content (AvgIpc) is 2.62. The van der Waals surface area contributed by atoms with Crippen LogP contribution in [0.3, 0.4) is 0 Å². The zero-order chi connectivity index (χ0) is 21.6. The van der Waals surface area contributed by atoms with Gasteiger partial charge in [0.15, 0.2) is 0 Å². The molecule has 0 unspecified atom stereocenters. The third-order valence-electron chi connectivity index (χ3n) is 4.66. The van der Waals surface area contributed by atoms with E-state index in [9.17, 15) is 13.2 Å². The van der Waals surface area contributed by atoms with Crippen molar-refractivity contribution in [1.82, 2.24) is 9.62 Å². The third-order valence-corrected chi connectivity index (χ3v) is 6.76. The number of aliphatic hydroxyl groups excluding tert-OH is 1. The summed E-state index contributed by atoms with van der Waals surface area (Å²) in [6.45, 7) is 7.53. The van der Waals surface area contributed by atoms with Crippen LogP contribution in [0.4, 0.5) is 0 Å². The van der Waals surface area contributed by atoms with Gasteiger partial charge in [-0.2, -0.15) is 4.31 Å². The molecule has 0 aliphatic rings. The van der Waals surface area contributed by atoms with Gasteiger partial charge < -0.3 is 10.4 Å². The van der Waals surface area contributed by atoms with E-state index in [0.717, 1.165) is 16.7 Å². The van der Waals surface area contributed by atoms with Gasteiger partial charge >= 0.3 is 0 Å². The first-order valence-corrected chi connectivity index (χ1v) is 11.1. The van der Waals surface area contributed by atoms with Crippen molar-refractivity contribution in [2.75, 3.05) is 19.7 Å². The maximum absolute atomic E-state index is 13.5. The van der Waals surface area contributed by atoms with Gasteiger partial charge in [0.1, 0.15) is 0 Å². The predicted molar refractivity (Wildman–Crippen MR) is 114 cm³/mol. The van der Waals surface area contributed by atoms with Gasteiger partial charge in [-0.25, -0.2) is 8.42 Å². The van der Waals surface area contributed by atoms with Crippen LogP contribution >= 0.6 is 0 Å². The molecule has 0 heterocycles. The summed E-state index contributed by atoms with van der Waals surface area (Å²) >= 11 is 0. The van der Waals surface area contributed by atoms with E-state index in [0.29, 0.717) is 24.1 Å². The lowest BCUT2D eigenvalue weighted by Crippen LogP contribution is -2.41. The van der Waals surface area contributed by atoms with Crippen molar-refractivity contribution < 1.29 is 18.3 Å². The molecule has 0 radical (unpaired) electrons. The second kappa shape index (κ2) is 10.0. The van der Waals surface area contributed by atoms with Crippen LogP contribution in [0.5, 0.6) is 0 Å². The molecular weight excluding hydrogens is 388 g/mol. The van der Waals surface area contributed by atoms with Crippen molar-refractivity contribution in [1.29, 1.82) is 0 Å². The average molecular weight is 419 g/mol. The topological polar surface area (TPSA) is 86.7 Å². The second-order valence-electron chi connectivity index (χ2n) is 7.41. The van der Waals surface area contributed by atoms with Crippen LogP contribution in [0.1, 0.15) is 34.2 Å². The molecule has 0 aliphatic heterocycles. The van der Waals surface area contributed by atoms with Crippen molar-refractivity contribution >= 4 is 15.9 Å². The predicted octanol–water partition coefficient (Wildman–Crippen LogP) is 2.61. The summed E-state index contributed by atoms with van der Waals surface area (Å²) in [7, 11) is -3.89. The third kappa shape index (κ3) is 6.13. The number of amides is 1. The lowest BCUT2D eigenvalue weighted by Gasteiger charge is -2.24. The summed E-state index contributed by atoms with van der Waals surface area (Å²) in [5.74, 6) is -0.392. The van der Waals surface area contributed by atoms with Crippen molar-refractivity contribution in [3.8, 4) is 0 Å². The quantitative estimate of drug-likeness (QED) is 0.613. The number of nitrogens with one attached hydrogen (secondary N) is 1. The van der Waals surface area contributed by atoms with Crippen molar-refractivity contribution in [2.24, 2.45) is 0 Å². The highest BCUT2D eigenvalue weighted by Crippen LogP contribution is 2.26. The number of carbonyl (C=O) groups is 1. The number of hydrogen-bond acceptors (Lipinski definition) is 4. The second-order valence-corrected chi connectivity index (χ2v) is 9.29. The van der Waals surface area contributed by atoms with Crippen LogP contribution in [0.25, 0.3) is 0 Å². The van der Waals surface area contributed by atoms with E-state index in [4.69, 9.17) is 5.11 Å². The van der Waals surface area contributed by atoms with Crippen LogP contribution in [-0.2, 0) is 21.4 Å². The smallest absolute Gasteiger partial charge is 0.244 e. The van der Waals surface area contributed by atoms with E-state index >= 15 is 0 Å². The van der Waals surface area contributed by atoms with Crippen molar-refractivity contribution in [2.45, 2.75) is 45.6 Å². The first kappa shape index (κ1) is 23.1. The van der Waals surface area contributed by atoms with Gasteiger partial charge in [0.2, 0.25) is 15.9 Å². The number of nitrogens with zero attached hydrogens (tertiary/aromatic N) is 1. The molecule has 0 aromatic heterocycles. The van der Waals surface area contributed by atoms with E-state index in [1.165, 1.54) is 4.31 Å². The van der Waals surface area contributed by atoms with Crippen LogP contribution in [0.2, 0.25) is 0 Å². The van der Waals surface area contributed by atoms with Crippen LogP contribution < -0.4 is 5.32 Å². The molecule has 2 rings (SSSR count). The van der Waals surface area contributed by atoms with Gasteiger partial charge in [0.05, 0.1) is 11.4 Å². The summed E-state index contributed by atoms with van der Waals surface area (Å²) < 4.78 is 28.3. The fourth-order valence-electron chi connectivity index (χ4n) is 3.35. The van der Waals surface area contributed by atoms with Crippen LogP contribution in [0, 0.1) is 27.7 Å². The molecule has 6 nitrogen and oxygen atoms in total. The molecule has 0 saturated carbocycles. The highest BCUT2D eigenvalue weighted by Gasteiger charge is 2.29. The first-order chi connectivity index (χ1) is 13.6. The number of carbonyl (C=O) groups excluding carboxylic acids is 1. The Bertz CT molecular complexity index is 930. The van der Waals surface area contributed by atoms with E-state index in [2.05, 4.69) is 5.32 Å². The number of benzene rings is 2. The van der Waals surface area contributed by atoms with Crippen LogP contribution in [-0.4, -0.2) is 43.4 Å². The van der Waals surface area contributed by atoms with E-state index in [-0.39, 0.29) is 24.6 Å². The number of rotatable bonds is 9. The van der Waals surface area contributed by atoms with Gasteiger partial charge in [-0.15, -0.1) is 0 Å². The molecule has 0 saturated heterocycles. The highest BCUT2D eigenvalue weighted by molar-refractivity contribution is 7.89. The largest absolute Gasteiger partial charge is 0.396 e. The zero-order valence-corrected chi connectivity index (χ0v) is 18.3. The fourth-order valence-corrected chi connectivity index (χ4v) is 5.14. The minimum absolute atomic E-state index is 0.0343. The molecule has 2 aromatic rings. The molecular formula is C22H30N2O4S. The number of hydrogen-bond donors (Lipinski definition) is 2. The SMILES string of the molecule is Cc1ccc(CN(CC(=O)NCCCO)S(=O)(=O)c2c(C)cc(C)cc2C)cc1. The van der Waals surface area contributed by atoms with Crippen molar-refractivity contribution in [3.63, 3.8) is 0 Å². The molecule has 0 spiro atoms.